The molecular weight excluding hydrogens is 425 g/mol. The maximum atomic E-state index is 13.3. The first kappa shape index (κ1) is 19.7. The van der Waals surface area contributed by atoms with Crippen LogP contribution in [0.1, 0.15) is 44.2 Å². The predicted molar refractivity (Wildman–Crippen MR) is 108 cm³/mol. The number of ether oxygens (including phenoxy) is 1. The highest BCUT2D eigenvalue weighted by molar-refractivity contribution is 5.63. The molecule has 9 nitrogen and oxygen atoms in total. The number of halogens is 3. The van der Waals surface area contributed by atoms with Gasteiger partial charge in [0.25, 0.3) is 0 Å². The smallest absolute Gasteiger partial charge is 0.383 e. The van der Waals surface area contributed by atoms with E-state index >= 15 is 0 Å². The summed E-state index contributed by atoms with van der Waals surface area (Å²) < 4.78 is 57.0. The quantitative estimate of drug-likeness (QED) is 0.630. The molecule has 5 heterocycles. The minimum absolute atomic E-state index is 0.230. The van der Waals surface area contributed by atoms with Crippen LogP contribution in [0, 0.1) is 0 Å². The van der Waals surface area contributed by atoms with Gasteiger partial charge in [0.15, 0.2) is 0 Å². The number of nitrogens with two attached hydrogens (primary N) is 1. The van der Waals surface area contributed by atoms with Crippen molar-refractivity contribution in [1.29, 1.82) is 0 Å². The number of nitrogens with zero attached hydrogens (tertiary/aromatic N) is 6. The van der Waals surface area contributed by atoms with Crippen molar-refractivity contribution in [3.63, 3.8) is 0 Å². The summed E-state index contributed by atoms with van der Waals surface area (Å²) in [5.74, 6) is -0.111. The Morgan fingerprint density at radius 1 is 1.34 bits per heavy atom. The van der Waals surface area contributed by atoms with E-state index in [-0.39, 0.29) is 5.56 Å². The topological polar surface area (TPSA) is 111 Å². The second kappa shape index (κ2) is 7.55. The summed E-state index contributed by atoms with van der Waals surface area (Å²) in [5.41, 5.74) is 5.10. The van der Waals surface area contributed by atoms with Crippen molar-refractivity contribution < 1.29 is 19.3 Å². The van der Waals surface area contributed by atoms with Gasteiger partial charge >= 0.3 is 6.18 Å². The van der Waals surface area contributed by atoms with Crippen LogP contribution in [0.2, 0.25) is 0 Å². The zero-order valence-corrected chi connectivity index (χ0v) is 17.4. The Balaban J connectivity index is 1.49. The number of alkyl halides is 3. The minimum Gasteiger partial charge on any atom is -0.383 e. The van der Waals surface area contributed by atoms with Gasteiger partial charge in [-0.2, -0.15) is 23.4 Å². The van der Waals surface area contributed by atoms with Crippen LogP contribution in [0.15, 0.2) is 24.7 Å². The minimum atomic E-state index is -4.61. The Labute approximate surface area is 183 Å². The lowest BCUT2D eigenvalue weighted by atomic mass is 9.96. The summed E-state index contributed by atoms with van der Waals surface area (Å²) in [7, 11) is 0. The maximum Gasteiger partial charge on any atom is 0.419 e. The van der Waals surface area contributed by atoms with Gasteiger partial charge in [0, 0.05) is 24.8 Å². The van der Waals surface area contributed by atoms with Crippen LogP contribution < -0.4 is 5.73 Å². The van der Waals surface area contributed by atoms with Crippen LogP contribution >= 0.6 is 0 Å². The van der Waals surface area contributed by atoms with Crippen LogP contribution in [0.3, 0.4) is 0 Å². The van der Waals surface area contributed by atoms with Crippen molar-refractivity contribution in [3.05, 3.63) is 41.7 Å². The molecule has 3 aromatic rings. The van der Waals surface area contributed by atoms with Crippen molar-refractivity contribution in [3.8, 4) is 11.3 Å². The number of likely N-dealkylation sites (tertiary alicyclic amines) is 1. The number of rotatable bonds is 4. The molecule has 0 radical (unpaired) electrons. The van der Waals surface area contributed by atoms with E-state index in [9.17, 15) is 13.2 Å². The molecule has 12 heteroatoms. The molecule has 0 aromatic carbocycles. The second-order valence-electron chi connectivity index (χ2n) is 7.94. The van der Waals surface area contributed by atoms with Gasteiger partial charge in [-0.3, -0.25) is 14.7 Å². The number of aromatic nitrogens is 6. The molecule has 5 rings (SSSR count). The Kier molecular flexibility index (Phi) is 4.65. The molecule has 3 aromatic heterocycles. The van der Waals surface area contributed by atoms with E-state index in [0.29, 0.717) is 50.6 Å². The highest BCUT2D eigenvalue weighted by atomic mass is 19.4. The Hall–Kier alpha value is -2.99. The average Bonchev–Trinajstić information content (AvgIpc) is 3.53. The Morgan fingerprint density at radius 3 is 2.91 bits per heavy atom. The van der Waals surface area contributed by atoms with Crippen LogP contribution in [0.4, 0.5) is 19.0 Å². The monoisotopic (exact) mass is 449 g/mol. The van der Waals surface area contributed by atoms with Crippen molar-refractivity contribution in [2.75, 3.05) is 25.4 Å². The molecule has 0 saturated carbocycles. The molecular formula is C20H23F3N8O. The van der Waals surface area contributed by atoms with Crippen molar-refractivity contribution >= 4 is 5.82 Å². The lowest BCUT2D eigenvalue weighted by molar-refractivity contribution is -0.137. The van der Waals surface area contributed by atoms with E-state index in [1.807, 2.05) is 11.8 Å². The molecule has 2 atom stereocenters. The van der Waals surface area contributed by atoms with Gasteiger partial charge in [0.1, 0.15) is 23.6 Å². The molecule has 0 aliphatic carbocycles. The van der Waals surface area contributed by atoms with Gasteiger partial charge in [-0.05, 0) is 25.0 Å². The fraction of sp³-hybridized carbons (Fsp3) is 0.500. The fourth-order valence-corrected chi connectivity index (χ4v) is 4.56. The number of nitrogen functional groups attached to an aromatic ring is 1. The van der Waals surface area contributed by atoms with Gasteiger partial charge in [-0.25, -0.2) is 9.97 Å². The number of hydrogen-bond acceptors (Lipinski definition) is 7. The molecule has 1 unspecified atom stereocenters. The Bertz CT molecular complexity index is 1170. The van der Waals surface area contributed by atoms with Crippen LogP contribution in [0.25, 0.3) is 11.3 Å². The van der Waals surface area contributed by atoms with E-state index in [2.05, 4.69) is 25.3 Å². The summed E-state index contributed by atoms with van der Waals surface area (Å²) >= 11 is 0. The van der Waals surface area contributed by atoms with Gasteiger partial charge in [-0.15, -0.1) is 0 Å². The SMILES string of the molecule is [2H]C(CC)(c1ncn[nH]1)N1CC[C@]2(C1)OCCn1nc(-c3cnc(N)c(C(F)(F)F)c3)cc12. The molecule has 170 valence electrons. The number of nitrogens with one attached hydrogen (secondary N) is 1. The van der Waals surface area contributed by atoms with E-state index in [0.717, 1.165) is 11.8 Å². The number of pyridine rings is 1. The first-order chi connectivity index (χ1) is 15.7. The largest absolute Gasteiger partial charge is 0.419 e. The highest BCUT2D eigenvalue weighted by Gasteiger charge is 2.47. The van der Waals surface area contributed by atoms with Gasteiger partial charge in [0.2, 0.25) is 0 Å². The lowest BCUT2D eigenvalue weighted by Gasteiger charge is -2.35. The van der Waals surface area contributed by atoms with Crippen LogP contribution in [-0.2, 0) is 23.1 Å². The first-order valence-corrected chi connectivity index (χ1v) is 10.3. The second-order valence-corrected chi connectivity index (χ2v) is 7.94. The number of hydrogen-bond donors (Lipinski definition) is 2. The summed E-state index contributed by atoms with van der Waals surface area (Å²) in [6.07, 6.45) is -0.834. The third-order valence-corrected chi connectivity index (χ3v) is 6.08. The zero-order chi connectivity index (χ0) is 23.4. The summed E-state index contributed by atoms with van der Waals surface area (Å²) in [6, 6.07) is 1.62. The van der Waals surface area contributed by atoms with Gasteiger partial charge in [0.05, 0.1) is 37.5 Å². The predicted octanol–water partition coefficient (Wildman–Crippen LogP) is 2.75. The molecule has 2 aliphatic rings. The highest BCUT2D eigenvalue weighted by Crippen LogP contribution is 2.43. The summed E-state index contributed by atoms with van der Waals surface area (Å²) in [6.45, 7) is 3.81. The molecule has 1 spiro atoms. The molecule has 0 amide bonds. The molecule has 0 bridgehead atoms. The van der Waals surface area contributed by atoms with Crippen molar-refractivity contribution in [1.82, 2.24) is 34.8 Å². The van der Waals surface area contributed by atoms with E-state index in [1.54, 1.807) is 10.7 Å². The molecule has 1 fully saturated rings. The van der Waals surface area contributed by atoms with Crippen LogP contribution in [-0.4, -0.2) is 54.5 Å². The third-order valence-electron chi connectivity index (χ3n) is 6.08. The van der Waals surface area contributed by atoms with Gasteiger partial charge in [-0.1, -0.05) is 6.92 Å². The number of H-pyrrole nitrogens is 1. The molecule has 2 aliphatic heterocycles. The van der Waals surface area contributed by atoms with Crippen molar-refractivity contribution in [2.45, 2.75) is 44.1 Å². The number of anilines is 1. The molecule has 3 N–H and O–H groups in total. The first-order valence-electron chi connectivity index (χ1n) is 10.8. The summed E-state index contributed by atoms with van der Waals surface area (Å²) in [4.78, 5) is 9.91. The van der Waals surface area contributed by atoms with E-state index < -0.39 is 29.2 Å². The number of fused-ring (bicyclic) bond motifs is 2. The van der Waals surface area contributed by atoms with Crippen LogP contribution in [0.5, 0.6) is 0 Å². The standard InChI is InChI=1S/C20H23F3N8O/c1-2-15(18-26-11-27-28-18)30-4-3-19(10-30)16-8-14(29-31(16)5-6-32-19)12-7-13(20(21,22)23)17(24)25-9-12/h7-9,11,15H,2-6,10H2,1H3,(H2,24,25)(H,26,27,28)/t15?,19-/m1/s1/i15D. The van der Waals surface area contributed by atoms with E-state index in [4.69, 9.17) is 11.8 Å². The Morgan fingerprint density at radius 2 is 2.19 bits per heavy atom. The normalized spacial score (nSPS) is 23.8. The van der Waals surface area contributed by atoms with E-state index in [1.165, 1.54) is 12.5 Å². The van der Waals surface area contributed by atoms with Crippen molar-refractivity contribution in [2.24, 2.45) is 0 Å². The third kappa shape index (κ3) is 3.43. The molecule has 1 saturated heterocycles. The lowest BCUT2D eigenvalue weighted by Crippen LogP contribution is -2.41. The number of aromatic amines is 1. The zero-order valence-electron chi connectivity index (χ0n) is 18.4. The maximum absolute atomic E-state index is 13.3. The average molecular weight is 449 g/mol. The summed E-state index contributed by atoms with van der Waals surface area (Å²) in [5, 5.41) is 11.2. The van der Waals surface area contributed by atoms with Gasteiger partial charge < -0.3 is 10.5 Å². The molecule has 32 heavy (non-hydrogen) atoms. The fourth-order valence-electron chi connectivity index (χ4n) is 4.56.